The standard InChI is InChI=1S/C56H40N4/c1-35-21-25-39(26-22-35)57(37-13-5-3-6-14-37)49-31-29-41-45-33-52-46(34-51(45)59-47-19-11-9-17-43(47)53(49)55(41)59)42-30-32-50(54-44-18-10-12-20-48(44)60(52)56(42)54)58(38-15-7-4-8-16-38)40-27-23-36(2)24-28-40/h3-29,31-34,42H,30H2,1-2H3. The number of aryl methyl sites for hydroxylation is 2. The Morgan fingerprint density at radius 2 is 1.07 bits per heavy atom. The highest BCUT2D eigenvalue weighted by atomic mass is 15.2. The number of rotatable bonds is 6. The molecule has 60 heavy (non-hydrogen) atoms. The predicted octanol–water partition coefficient (Wildman–Crippen LogP) is 14.9. The normalized spacial score (nSPS) is 14.4. The van der Waals surface area contributed by atoms with E-state index >= 15 is 0 Å². The summed E-state index contributed by atoms with van der Waals surface area (Å²) in [6.45, 7) is 4.32. The summed E-state index contributed by atoms with van der Waals surface area (Å²) in [5.41, 5.74) is 20.0. The second-order valence-electron chi connectivity index (χ2n) is 16.6. The number of para-hydroxylation sites is 4. The van der Waals surface area contributed by atoms with Crippen LogP contribution in [0.5, 0.6) is 0 Å². The zero-order valence-corrected chi connectivity index (χ0v) is 33.5. The molecule has 1 unspecified atom stereocenters. The van der Waals surface area contributed by atoms with E-state index in [1.165, 1.54) is 99.7 Å². The van der Waals surface area contributed by atoms with Crippen LogP contribution >= 0.6 is 0 Å². The molecular weight excluding hydrogens is 729 g/mol. The minimum Gasteiger partial charge on any atom is -0.312 e. The third kappa shape index (κ3) is 4.56. The van der Waals surface area contributed by atoms with Crippen molar-refractivity contribution in [2.75, 3.05) is 9.80 Å². The molecule has 0 spiro atoms. The number of anilines is 5. The van der Waals surface area contributed by atoms with Crippen molar-refractivity contribution in [3.63, 3.8) is 0 Å². The van der Waals surface area contributed by atoms with Crippen molar-refractivity contribution >= 4 is 83.1 Å². The molecule has 3 aromatic heterocycles. The van der Waals surface area contributed by atoms with Gasteiger partial charge in [0.15, 0.2) is 0 Å². The summed E-state index contributed by atoms with van der Waals surface area (Å²) in [5.74, 6) is 0.235. The lowest BCUT2D eigenvalue weighted by Gasteiger charge is -2.32. The van der Waals surface area contributed by atoms with Crippen LogP contribution in [0.2, 0.25) is 0 Å². The van der Waals surface area contributed by atoms with Gasteiger partial charge in [-0.1, -0.05) is 120 Å². The molecule has 0 saturated heterocycles. The molecule has 1 aliphatic carbocycles. The van der Waals surface area contributed by atoms with Gasteiger partial charge in [0.1, 0.15) is 0 Å². The molecule has 4 nitrogen and oxygen atoms in total. The number of allylic oxidation sites excluding steroid dienone is 1. The van der Waals surface area contributed by atoms with Gasteiger partial charge >= 0.3 is 0 Å². The lowest BCUT2D eigenvalue weighted by molar-refractivity contribution is 0.812. The van der Waals surface area contributed by atoms with Crippen LogP contribution in [0.15, 0.2) is 188 Å². The Kier molecular flexibility index (Phi) is 6.95. The number of benzene rings is 8. The first-order valence-corrected chi connectivity index (χ1v) is 21.0. The highest BCUT2D eigenvalue weighted by molar-refractivity contribution is 6.27. The third-order valence-corrected chi connectivity index (χ3v) is 13.2. The lowest BCUT2D eigenvalue weighted by atomic mass is 9.85. The van der Waals surface area contributed by atoms with Crippen molar-refractivity contribution in [1.29, 1.82) is 0 Å². The van der Waals surface area contributed by atoms with E-state index in [0.29, 0.717) is 0 Å². The predicted molar refractivity (Wildman–Crippen MR) is 252 cm³/mol. The summed E-state index contributed by atoms with van der Waals surface area (Å²) in [6.07, 6.45) is 3.42. The fourth-order valence-corrected chi connectivity index (χ4v) is 10.6. The van der Waals surface area contributed by atoms with Gasteiger partial charge < -0.3 is 18.8 Å². The molecule has 2 aliphatic rings. The first-order chi connectivity index (χ1) is 29.6. The molecule has 284 valence electrons. The molecule has 4 heterocycles. The van der Waals surface area contributed by atoms with Crippen LogP contribution in [0.25, 0.3) is 60.4 Å². The van der Waals surface area contributed by atoms with E-state index in [0.717, 1.165) is 23.5 Å². The van der Waals surface area contributed by atoms with Crippen LogP contribution in [0.1, 0.15) is 40.3 Å². The molecule has 13 rings (SSSR count). The molecule has 0 fully saturated rings. The molecule has 11 aromatic rings. The summed E-state index contributed by atoms with van der Waals surface area (Å²) in [5, 5.41) is 6.41. The second kappa shape index (κ2) is 12.5. The summed E-state index contributed by atoms with van der Waals surface area (Å²) in [7, 11) is 0. The van der Waals surface area contributed by atoms with Gasteiger partial charge in [0.2, 0.25) is 0 Å². The summed E-state index contributed by atoms with van der Waals surface area (Å²) in [4.78, 5) is 4.90. The number of hydrogen-bond donors (Lipinski definition) is 0. The smallest absolute Gasteiger partial charge is 0.0641 e. The molecule has 0 radical (unpaired) electrons. The Labute approximate surface area is 348 Å². The maximum atomic E-state index is 2.60. The molecular formula is C56H40N4. The number of nitrogens with zero attached hydrogens (tertiary/aromatic N) is 4. The van der Waals surface area contributed by atoms with Crippen LogP contribution in [-0.2, 0) is 0 Å². The summed E-state index contributed by atoms with van der Waals surface area (Å²) in [6, 6.07) is 67.4. The Morgan fingerprint density at radius 3 is 1.77 bits per heavy atom. The SMILES string of the molecule is Cc1ccc(N(C2=CCC3c4cc5c(cc4-n4c3c2c2ccccc24)c2ccc(N(c3ccccc3)c3ccc(C)cc3)c3c4ccccc4n5c23)c2ccccc2)cc1. The van der Waals surface area contributed by atoms with Gasteiger partial charge in [-0.15, -0.1) is 0 Å². The molecule has 1 atom stereocenters. The molecule has 0 bridgehead atoms. The zero-order valence-electron chi connectivity index (χ0n) is 33.5. The minimum atomic E-state index is 0.235. The molecule has 8 aromatic carbocycles. The minimum absolute atomic E-state index is 0.235. The Bertz CT molecular complexity index is 3520. The van der Waals surface area contributed by atoms with Crippen LogP contribution in [0, 0.1) is 13.8 Å². The van der Waals surface area contributed by atoms with Gasteiger partial charge in [-0.2, -0.15) is 0 Å². The summed E-state index contributed by atoms with van der Waals surface area (Å²) < 4.78 is 5.16. The molecule has 0 saturated carbocycles. The summed E-state index contributed by atoms with van der Waals surface area (Å²) >= 11 is 0. The topological polar surface area (TPSA) is 15.8 Å². The number of fused-ring (bicyclic) bond motifs is 12. The average molecular weight is 769 g/mol. The van der Waals surface area contributed by atoms with Gasteiger partial charge in [0.25, 0.3) is 0 Å². The first kappa shape index (κ1) is 33.4. The fourth-order valence-electron chi connectivity index (χ4n) is 10.6. The molecule has 1 aliphatic heterocycles. The van der Waals surface area contributed by atoms with Crippen molar-refractivity contribution in [2.45, 2.75) is 26.2 Å². The van der Waals surface area contributed by atoms with Gasteiger partial charge in [-0.25, -0.2) is 0 Å². The van der Waals surface area contributed by atoms with Crippen LogP contribution in [0.3, 0.4) is 0 Å². The van der Waals surface area contributed by atoms with E-state index in [4.69, 9.17) is 0 Å². The first-order valence-electron chi connectivity index (χ1n) is 21.0. The van der Waals surface area contributed by atoms with E-state index in [-0.39, 0.29) is 5.92 Å². The van der Waals surface area contributed by atoms with Crippen molar-refractivity contribution in [2.24, 2.45) is 0 Å². The maximum absolute atomic E-state index is 2.60. The van der Waals surface area contributed by atoms with E-state index in [9.17, 15) is 0 Å². The van der Waals surface area contributed by atoms with Gasteiger partial charge in [0.05, 0.1) is 39.1 Å². The molecule has 0 amide bonds. The van der Waals surface area contributed by atoms with E-state index in [1.807, 2.05) is 0 Å². The highest BCUT2D eigenvalue weighted by Gasteiger charge is 2.40. The van der Waals surface area contributed by atoms with Crippen molar-refractivity contribution in [3.8, 4) is 5.69 Å². The Balaban J connectivity index is 1.06. The van der Waals surface area contributed by atoms with Gasteiger partial charge in [-0.05, 0) is 105 Å². The quantitative estimate of drug-likeness (QED) is 0.167. The average Bonchev–Trinajstić information content (AvgIpc) is 4.02. The number of aromatic nitrogens is 2. The van der Waals surface area contributed by atoms with Crippen LogP contribution < -0.4 is 9.80 Å². The molecule has 0 N–H and O–H groups in total. The fraction of sp³-hybridized carbons (Fsp3) is 0.0714. The lowest BCUT2D eigenvalue weighted by Crippen LogP contribution is -2.19. The maximum Gasteiger partial charge on any atom is 0.0641 e. The van der Waals surface area contributed by atoms with Crippen LogP contribution in [0.4, 0.5) is 28.4 Å². The Hall–Kier alpha value is -7.56. The van der Waals surface area contributed by atoms with E-state index in [1.54, 1.807) is 0 Å². The van der Waals surface area contributed by atoms with Gasteiger partial charge in [-0.3, -0.25) is 0 Å². The van der Waals surface area contributed by atoms with Crippen molar-refractivity contribution in [3.05, 3.63) is 216 Å². The highest BCUT2D eigenvalue weighted by Crippen LogP contribution is 2.55. The number of hydrogen-bond acceptors (Lipinski definition) is 2. The van der Waals surface area contributed by atoms with Crippen molar-refractivity contribution < 1.29 is 0 Å². The largest absolute Gasteiger partial charge is 0.312 e. The van der Waals surface area contributed by atoms with E-state index < -0.39 is 0 Å². The monoisotopic (exact) mass is 768 g/mol. The van der Waals surface area contributed by atoms with Crippen LogP contribution in [-0.4, -0.2) is 8.97 Å². The van der Waals surface area contributed by atoms with Gasteiger partial charge in [0, 0.05) is 66.9 Å². The Morgan fingerprint density at radius 1 is 0.483 bits per heavy atom. The third-order valence-electron chi connectivity index (χ3n) is 13.2. The molecule has 4 heteroatoms. The zero-order chi connectivity index (χ0) is 39.6. The van der Waals surface area contributed by atoms with E-state index in [2.05, 4.69) is 221 Å². The van der Waals surface area contributed by atoms with Crippen molar-refractivity contribution in [1.82, 2.24) is 8.97 Å². The second-order valence-corrected chi connectivity index (χ2v) is 16.6.